The highest BCUT2D eigenvalue weighted by atomic mass is 16.2. The molecule has 2 aromatic rings. The van der Waals surface area contributed by atoms with Crippen LogP contribution in [0.15, 0.2) is 30.5 Å². The van der Waals surface area contributed by atoms with E-state index in [1.54, 1.807) is 15.8 Å². The Balaban J connectivity index is 1.22. The van der Waals surface area contributed by atoms with Gasteiger partial charge in [-0.15, -0.1) is 5.10 Å². The monoisotopic (exact) mass is 424 g/mol. The third kappa shape index (κ3) is 5.12. The van der Waals surface area contributed by atoms with Crippen molar-refractivity contribution in [3.05, 3.63) is 47.3 Å². The Bertz CT molecular complexity index is 924. The van der Waals surface area contributed by atoms with E-state index in [1.165, 1.54) is 11.1 Å². The zero-order chi connectivity index (χ0) is 21.8. The van der Waals surface area contributed by atoms with Crippen LogP contribution in [0.3, 0.4) is 0 Å². The predicted octanol–water partition coefficient (Wildman–Crippen LogP) is 1.77. The van der Waals surface area contributed by atoms with Gasteiger partial charge in [-0.3, -0.25) is 14.5 Å². The van der Waals surface area contributed by atoms with Gasteiger partial charge in [0.15, 0.2) is 0 Å². The first-order valence-corrected chi connectivity index (χ1v) is 11.2. The first-order valence-electron chi connectivity index (χ1n) is 11.2. The molecule has 1 N–H and O–H groups in total. The van der Waals surface area contributed by atoms with Crippen molar-refractivity contribution in [1.29, 1.82) is 0 Å². The quantitative estimate of drug-likeness (QED) is 0.653. The second kappa shape index (κ2) is 9.60. The number of fused-ring (bicyclic) bond motifs is 2. The van der Waals surface area contributed by atoms with Crippen LogP contribution >= 0.6 is 0 Å². The van der Waals surface area contributed by atoms with Gasteiger partial charge in [0, 0.05) is 26.2 Å². The molecule has 166 valence electrons. The van der Waals surface area contributed by atoms with Gasteiger partial charge in [0.1, 0.15) is 6.04 Å². The van der Waals surface area contributed by atoms with Crippen molar-refractivity contribution in [3.8, 4) is 0 Å². The smallest absolute Gasteiger partial charge is 0.248 e. The maximum atomic E-state index is 12.9. The molecule has 0 bridgehead atoms. The Morgan fingerprint density at radius 2 is 2.03 bits per heavy atom. The van der Waals surface area contributed by atoms with Gasteiger partial charge >= 0.3 is 0 Å². The summed E-state index contributed by atoms with van der Waals surface area (Å²) in [5.41, 5.74) is 3.74. The molecule has 8 heteroatoms. The fraction of sp³-hybridized carbons (Fsp3) is 0.565. The summed E-state index contributed by atoms with van der Waals surface area (Å²) in [5, 5.41) is 11.0. The molecule has 0 saturated carbocycles. The summed E-state index contributed by atoms with van der Waals surface area (Å²) in [6, 6.07) is 8.24. The van der Waals surface area contributed by atoms with Gasteiger partial charge in [-0.2, -0.15) is 0 Å². The molecule has 0 fully saturated rings. The molecule has 0 aliphatic carbocycles. The minimum atomic E-state index is -0.374. The van der Waals surface area contributed by atoms with E-state index in [-0.39, 0.29) is 24.4 Å². The molecule has 4 rings (SSSR count). The number of nitrogens with zero attached hydrogens (tertiary/aromatic N) is 5. The second-order valence-corrected chi connectivity index (χ2v) is 9.01. The average Bonchev–Trinajstić information content (AvgIpc) is 3.22. The molecule has 2 amide bonds. The summed E-state index contributed by atoms with van der Waals surface area (Å²) in [4.78, 5) is 29.5. The lowest BCUT2D eigenvalue weighted by atomic mass is 10.00. The number of amides is 2. The van der Waals surface area contributed by atoms with E-state index < -0.39 is 0 Å². The predicted molar refractivity (Wildman–Crippen MR) is 117 cm³/mol. The van der Waals surface area contributed by atoms with Crippen molar-refractivity contribution in [2.45, 2.75) is 52.2 Å². The van der Waals surface area contributed by atoms with Crippen LogP contribution in [0.5, 0.6) is 0 Å². The van der Waals surface area contributed by atoms with Crippen molar-refractivity contribution in [2.24, 2.45) is 5.92 Å². The largest absolute Gasteiger partial charge is 0.355 e. The molecule has 8 nitrogen and oxygen atoms in total. The number of benzene rings is 1. The van der Waals surface area contributed by atoms with Crippen molar-refractivity contribution < 1.29 is 9.59 Å². The Morgan fingerprint density at radius 3 is 2.84 bits per heavy atom. The summed E-state index contributed by atoms with van der Waals surface area (Å²) in [7, 11) is 0. The number of hydrogen-bond donors (Lipinski definition) is 1. The fourth-order valence-electron chi connectivity index (χ4n) is 4.52. The number of carbonyl (C=O) groups is 2. The summed E-state index contributed by atoms with van der Waals surface area (Å²) in [5.74, 6) is 0.192. The molecule has 0 radical (unpaired) electrons. The molecule has 0 unspecified atom stereocenters. The minimum absolute atomic E-state index is 0.0474. The van der Waals surface area contributed by atoms with Gasteiger partial charge in [-0.25, -0.2) is 4.68 Å². The molecule has 3 heterocycles. The van der Waals surface area contributed by atoms with E-state index in [0.29, 0.717) is 25.4 Å². The zero-order valence-electron chi connectivity index (χ0n) is 18.5. The maximum Gasteiger partial charge on any atom is 0.248 e. The fourth-order valence-corrected chi connectivity index (χ4v) is 4.52. The number of aromatic nitrogens is 3. The molecular formula is C23H32N6O2. The van der Waals surface area contributed by atoms with Crippen LogP contribution < -0.4 is 5.32 Å². The highest BCUT2D eigenvalue weighted by Crippen LogP contribution is 2.26. The van der Waals surface area contributed by atoms with E-state index in [0.717, 1.165) is 38.2 Å². The first kappa shape index (κ1) is 21.5. The van der Waals surface area contributed by atoms with Crippen molar-refractivity contribution in [3.63, 3.8) is 0 Å². The van der Waals surface area contributed by atoms with Crippen molar-refractivity contribution >= 4 is 11.8 Å². The SMILES string of the molecule is CC(C)C[C@H]1C(=O)N(CC(=O)NCCCN2CCc3ccccc3C2)Cc2cnnn21. The molecular weight excluding hydrogens is 392 g/mol. The molecule has 2 aliphatic rings. The number of carbonyl (C=O) groups excluding carboxylic acids is 2. The van der Waals surface area contributed by atoms with Crippen LogP contribution in [0.1, 0.15) is 49.6 Å². The normalized spacial score (nSPS) is 18.7. The minimum Gasteiger partial charge on any atom is -0.355 e. The summed E-state index contributed by atoms with van der Waals surface area (Å²) >= 11 is 0. The van der Waals surface area contributed by atoms with E-state index in [4.69, 9.17) is 0 Å². The lowest BCUT2D eigenvalue weighted by Gasteiger charge is -2.33. The van der Waals surface area contributed by atoms with E-state index in [2.05, 4.69) is 58.6 Å². The number of nitrogens with one attached hydrogen (secondary N) is 1. The molecule has 31 heavy (non-hydrogen) atoms. The van der Waals surface area contributed by atoms with Crippen LogP contribution in [-0.2, 0) is 29.1 Å². The van der Waals surface area contributed by atoms with Gasteiger partial charge in [0.05, 0.1) is 25.0 Å². The molecule has 0 saturated heterocycles. The zero-order valence-corrected chi connectivity index (χ0v) is 18.5. The van der Waals surface area contributed by atoms with Gasteiger partial charge in [-0.1, -0.05) is 43.3 Å². The topological polar surface area (TPSA) is 83.4 Å². The maximum absolute atomic E-state index is 12.9. The first-order chi connectivity index (χ1) is 15.0. The van der Waals surface area contributed by atoms with Gasteiger partial charge < -0.3 is 10.2 Å². The van der Waals surface area contributed by atoms with Gasteiger partial charge in [0.2, 0.25) is 11.8 Å². The van der Waals surface area contributed by atoms with Crippen LogP contribution in [-0.4, -0.2) is 62.8 Å². The average molecular weight is 425 g/mol. The van der Waals surface area contributed by atoms with Gasteiger partial charge in [0.25, 0.3) is 0 Å². The Hall–Kier alpha value is -2.74. The Morgan fingerprint density at radius 1 is 1.23 bits per heavy atom. The molecule has 1 atom stereocenters. The number of hydrogen-bond acceptors (Lipinski definition) is 5. The van der Waals surface area contributed by atoms with Crippen LogP contribution in [0.4, 0.5) is 0 Å². The van der Waals surface area contributed by atoms with Crippen LogP contribution in [0.2, 0.25) is 0 Å². The highest BCUT2D eigenvalue weighted by Gasteiger charge is 2.35. The van der Waals surface area contributed by atoms with Crippen molar-refractivity contribution in [2.75, 3.05) is 26.2 Å². The third-order valence-corrected chi connectivity index (χ3v) is 6.11. The summed E-state index contributed by atoms with van der Waals surface area (Å²) in [6.45, 7) is 8.23. The standard InChI is InChI=1S/C23H32N6O2/c1-17(2)12-21-23(31)28(15-20-13-25-26-29(20)21)16-22(30)24-9-5-10-27-11-8-18-6-3-4-7-19(18)14-27/h3-4,6-7,13,17,21H,5,8-12,14-16H2,1-2H3,(H,24,30)/t21-/m0/s1. The summed E-state index contributed by atoms with van der Waals surface area (Å²) in [6.07, 6.45) is 4.35. The van der Waals surface area contributed by atoms with E-state index in [9.17, 15) is 9.59 Å². The van der Waals surface area contributed by atoms with E-state index >= 15 is 0 Å². The van der Waals surface area contributed by atoms with Crippen LogP contribution in [0, 0.1) is 5.92 Å². The molecule has 0 spiro atoms. The number of rotatable bonds is 8. The van der Waals surface area contributed by atoms with Crippen molar-refractivity contribution in [1.82, 2.24) is 30.1 Å². The molecule has 1 aromatic carbocycles. The third-order valence-electron chi connectivity index (χ3n) is 6.11. The molecule has 2 aliphatic heterocycles. The lowest BCUT2D eigenvalue weighted by molar-refractivity contribution is -0.142. The lowest BCUT2D eigenvalue weighted by Crippen LogP contribution is -2.47. The Kier molecular flexibility index (Phi) is 6.65. The van der Waals surface area contributed by atoms with Gasteiger partial charge in [-0.05, 0) is 36.3 Å². The van der Waals surface area contributed by atoms with Crippen LogP contribution in [0.25, 0.3) is 0 Å². The molecule has 1 aromatic heterocycles. The second-order valence-electron chi connectivity index (χ2n) is 9.01. The summed E-state index contributed by atoms with van der Waals surface area (Å²) < 4.78 is 1.72. The Labute approximate surface area is 183 Å². The highest BCUT2D eigenvalue weighted by molar-refractivity contribution is 5.87. The van der Waals surface area contributed by atoms with E-state index in [1.807, 2.05) is 0 Å².